The van der Waals surface area contributed by atoms with E-state index in [1.54, 1.807) is 6.20 Å². The Bertz CT molecular complexity index is 298. The molecule has 0 spiro atoms. The summed E-state index contributed by atoms with van der Waals surface area (Å²) >= 11 is 0. The minimum Gasteiger partial charge on any atom is -0.263 e. The van der Waals surface area contributed by atoms with Gasteiger partial charge in [0.25, 0.3) is 0 Å². The van der Waals surface area contributed by atoms with Crippen LogP contribution in [0.15, 0.2) is 12.3 Å². The van der Waals surface area contributed by atoms with Crippen LogP contribution in [-0.4, -0.2) is 9.78 Å². The van der Waals surface area contributed by atoms with Gasteiger partial charge < -0.3 is 0 Å². The predicted octanol–water partition coefficient (Wildman–Crippen LogP) is 1.70. The highest BCUT2D eigenvalue weighted by molar-refractivity contribution is 5.08. The Morgan fingerprint density at radius 3 is 2.75 bits per heavy atom. The smallest absolute Gasteiger partial charge is 0.0771 e. The molecule has 1 aromatic rings. The van der Waals surface area contributed by atoms with Gasteiger partial charge in [0.2, 0.25) is 0 Å². The van der Waals surface area contributed by atoms with Gasteiger partial charge in [0, 0.05) is 6.20 Å². The van der Waals surface area contributed by atoms with Crippen molar-refractivity contribution in [2.75, 3.05) is 0 Å². The van der Waals surface area contributed by atoms with Gasteiger partial charge >= 0.3 is 0 Å². The molecule has 0 saturated heterocycles. The summed E-state index contributed by atoms with van der Waals surface area (Å²) < 4.78 is 1.89. The summed E-state index contributed by atoms with van der Waals surface area (Å²) in [6, 6.07) is 4.01. The first-order chi connectivity index (χ1) is 5.55. The molecule has 0 atom stereocenters. The SMILES string of the molecule is CC(C)(C)n1nccc1CC#N. The van der Waals surface area contributed by atoms with E-state index in [-0.39, 0.29) is 5.54 Å². The molecule has 0 amide bonds. The van der Waals surface area contributed by atoms with Gasteiger partial charge in [-0.3, -0.25) is 4.68 Å². The Kier molecular flexibility index (Phi) is 2.18. The standard InChI is InChI=1S/C9H13N3/c1-9(2,3)12-8(4-6-10)5-7-11-12/h5,7H,4H2,1-3H3. The zero-order valence-corrected chi connectivity index (χ0v) is 7.70. The van der Waals surface area contributed by atoms with Crippen molar-refractivity contribution >= 4 is 0 Å². The molecule has 0 aromatic carbocycles. The van der Waals surface area contributed by atoms with E-state index in [0.717, 1.165) is 5.69 Å². The quantitative estimate of drug-likeness (QED) is 0.632. The van der Waals surface area contributed by atoms with Crippen molar-refractivity contribution in [1.29, 1.82) is 5.26 Å². The van der Waals surface area contributed by atoms with Crippen LogP contribution in [0, 0.1) is 11.3 Å². The number of aromatic nitrogens is 2. The molecule has 0 N–H and O–H groups in total. The minimum atomic E-state index is -0.0321. The van der Waals surface area contributed by atoms with Crippen LogP contribution in [0.25, 0.3) is 0 Å². The van der Waals surface area contributed by atoms with Crippen LogP contribution < -0.4 is 0 Å². The van der Waals surface area contributed by atoms with Crippen molar-refractivity contribution in [3.05, 3.63) is 18.0 Å². The fourth-order valence-corrected chi connectivity index (χ4v) is 1.15. The molecule has 0 unspecified atom stereocenters. The van der Waals surface area contributed by atoms with Gasteiger partial charge in [-0.15, -0.1) is 0 Å². The lowest BCUT2D eigenvalue weighted by Crippen LogP contribution is -2.25. The fourth-order valence-electron chi connectivity index (χ4n) is 1.15. The number of nitrogens with zero attached hydrogens (tertiary/aromatic N) is 3. The summed E-state index contributed by atoms with van der Waals surface area (Å²) in [5.74, 6) is 0. The van der Waals surface area contributed by atoms with Crippen LogP contribution in [-0.2, 0) is 12.0 Å². The summed E-state index contributed by atoms with van der Waals surface area (Å²) in [4.78, 5) is 0. The summed E-state index contributed by atoms with van der Waals surface area (Å²) in [6.07, 6.45) is 2.16. The maximum atomic E-state index is 8.54. The number of nitriles is 1. The van der Waals surface area contributed by atoms with Crippen molar-refractivity contribution in [2.45, 2.75) is 32.7 Å². The number of hydrogen-bond donors (Lipinski definition) is 0. The van der Waals surface area contributed by atoms with E-state index in [1.165, 1.54) is 0 Å². The lowest BCUT2D eigenvalue weighted by atomic mass is 10.1. The van der Waals surface area contributed by atoms with Crippen LogP contribution in [0.3, 0.4) is 0 Å². The van der Waals surface area contributed by atoms with Crippen molar-refractivity contribution in [1.82, 2.24) is 9.78 Å². The maximum Gasteiger partial charge on any atom is 0.0771 e. The first-order valence-electron chi connectivity index (χ1n) is 3.96. The third-order valence-electron chi connectivity index (χ3n) is 1.62. The van der Waals surface area contributed by atoms with Crippen LogP contribution in [0.5, 0.6) is 0 Å². The lowest BCUT2D eigenvalue weighted by Gasteiger charge is -2.21. The van der Waals surface area contributed by atoms with E-state index >= 15 is 0 Å². The van der Waals surface area contributed by atoms with E-state index < -0.39 is 0 Å². The van der Waals surface area contributed by atoms with Gasteiger partial charge in [0.15, 0.2) is 0 Å². The van der Waals surface area contributed by atoms with Crippen LogP contribution >= 0.6 is 0 Å². The summed E-state index contributed by atoms with van der Waals surface area (Å²) in [6.45, 7) is 6.21. The zero-order chi connectivity index (χ0) is 9.19. The molecule has 3 heteroatoms. The molecule has 0 fully saturated rings. The molecular formula is C9H13N3. The van der Waals surface area contributed by atoms with E-state index in [4.69, 9.17) is 5.26 Å². The average molecular weight is 163 g/mol. The molecule has 1 heterocycles. The highest BCUT2D eigenvalue weighted by Crippen LogP contribution is 2.15. The van der Waals surface area contributed by atoms with Crippen molar-refractivity contribution in [3.63, 3.8) is 0 Å². The Morgan fingerprint density at radius 2 is 2.25 bits per heavy atom. The van der Waals surface area contributed by atoms with E-state index in [1.807, 2.05) is 10.7 Å². The fraction of sp³-hybridized carbons (Fsp3) is 0.556. The molecule has 0 radical (unpaired) electrons. The normalized spacial score (nSPS) is 11.2. The third-order valence-corrected chi connectivity index (χ3v) is 1.62. The maximum absolute atomic E-state index is 8.54. The van der Waals surface area contributed by atoms with Gasteiger partial charge in [-0.05, 0) is 26.8 Å². The van der Waals surface area contributed by atoms with E-state index in [0.29, 0.717) is 6.42 Å². The topological polar surface area (TPSA) is 41.6 Å². The molecule has 0 aliphatic rings. The molecule has 1 aromatic heterocycles. The Labute approximate surface area is 72.6 Å². The molecule has 12 heavy (non-hydrogen) atoms. The molecule has 1 rings (SSSR count). The first kappa shape index (κ1) is 8.79. The van der Waals surface area contributed by atoms with Gasteiger partial charge in [-0.25, -0.2) is 0 Å². The van der Waals surface area contributed by atoms with E-state index in [2.05, 4.69) is 31.9 Å². The molecule has 0 saturated carbocycles. The van der Waals surface area contributed by atoms with Crippen LogP contribution in [0.2, 0.25) is 0 Å². The molecular weight excluding hydrogens is 150 g/mol. The second-order valence-electron chi connectivity index (χ2n) is 3.74. The van der Waals surface area contributed by atoms with Crippen molar-refractivity contribution in [3.8, 4) is 6.07 Å². The van der Waals surface area contributed by atoms with Crippen molar-refractivity contribution < 1.29 is 0 Å². The predicted molar refractivity (Wildman–Crippen MR) is 46.5 cm³/mol. The zero-order valence-electron chi connectivity index (χ0n) is 7.70. The Morgan fingerprint density at radius 1 is 1.58 bits per heavy atom. The summed E-state index contributed by atoms with van der Waals surface area (Å²) in [5.41, 5.74) is 0.945. The Hall–Kier alpha value is -1.30. The largest absolute Gasteiger partial charge is 0.263 e. The monoisotopic (exact) mass is 163 g/mol. The second-order valence-corrected chi connectivity index (χ2v) is 3.74. The van der Waals surface area contributed by atoms with Gasteiger partial charge in [-0.2, -0.15) is 10.4 Å². The molecule has 0 bridgehead atoms. The average Bonchev–Trinajstić information content (AvgIpc) is 2.34. The van der Waals surface area contributed by atoms with Crippen molar-refractivity contribution in [2.24, 2.45) is 0 Å². The Balaban J connectivity index is 3.01. The van der Waals surface area contributed by atoms with Crippen LogP contribution in [0.4, 0.5) is 0 Å². The molecule has 3 nitrogen and oxygen atoms in total. The summed E-state index contributed by atoms with van der Waals surface area (Å²) in [5, 5.41) is 12.7. The lowest BCUT2D eigenvalue weighted by molar-refractivity contribution is 0.346. The minimum absolute atomic E-state index is 0.0321. The summed E-state index contributed by atoms with van der Waals surface area (Å²) in [7, 11) is 0. The number of hydrogen-bond acceptors (Lipinski definition) is 2. The molecule has 64 valence electrons. The van der Waals surface area contributed by atoms with E-state index in [9.17, 15) is 0 Å². The third kappa shape index (κ3) is 1.65. The first-order valence-corrected chi connectivity index (χ1v) is 3.96. The highest BCUT2D eigenvalue weighted by Gasteiger charge is 2.16. The second kappa shape index (κ2) is 2.98. The van der Waals surface area contributed by atoms with Crippen LogP contribution in [0.1, 0.15) is 26.5 Å². The van der Waals surface area contributed by atoms with Gasteiger partial charge in [-0.1, -0.05) is 0 Å². The highest BCUT2D eigenvalue weighted by atomic mass is 15.3. The van der Waals surface area contributed by atoms with Gasteiger partial charge in [0.05, 0.1) is 23.7 Å². The number of rotatable bonds is 1. The molecule has 0 aliphatic heterocycles. The van der Waals surface area contributed by atoms with Gasteiger partial charge in [0.1, 0.15) is 0 Å². The molecule has 0 aliphatic carbocycles.